The molecule has 0 heterocycles. The third-order valence-electron chi connectivity index (χ3n) is 3.76. The first-order valence-electron chi connectivity index (χ1n) is 8.62. The number of carbonyl (C=O) groups is 1. The van der Waals surface area contributed by atoms with Gasteiger partial charge in [0.15, 0.2) is 5.96 Å². The first-order chi connectivity index (χ1) is 11.6. The van der Waals surface area contributed by atoms with Crippen LogP contribution >= 0.6 is 24.0 Å². The number of hydrogen-bond donors (Lipinski definition) is 3. The lowest BCUT2D eigenvalue weighted by molar-refractivity contribution is 0.0963. The van der Waals surface area contributed by atoms with Crippen molar-refractivity contribution in [3.63, 3.8) is 0 Å². The van der Waals surface area contributed by atoms with E-state index in [-0.39, 0.29) is 29.9 Å². The van der Waals surface area contributed by atoms with Crippen molar-refractivity contribution in [2.75, 3.05) is 46.8 Å². The lowest BCUT2D eigenvalue weighted by Gasteiger charge is -2.14. The highest BCUT2D eigenvalue weighted by Crippen LogP contribution is 2.05. The van der Waals surface area contributed by atoms with Crippen LogP contribution in [0.3, 0.4) is 0 Å². The van der Waals surface area contributed by atoms with Gasteiger partial charge in [-0.2, -0.15) is 0 Å². The van der Waals surface area contributed by atoms with Gasteiger partial charge in [0.25, 0.3) is 5.91 Å². The SMILES string of the molecule is CCNC(=NCCN(C)CC)NCCc1cccc(C(=O)NC)c1.I. The van der Waals surface area contributed by atoms with Crippen molar-refractivity contribution in [3.8, 4) is 0 Å². The smallest absolute Gasteiger partial charge is 0.251 e. The van der Waals surface area contributed by atoms with E-state index in [1.165, 1.54) is 0 Å². The number of benzene rings is 1. The van der Waals surface area contributed by atoms with Crippen LogP contribution in [-0.2, 0) is 6.42 Å². The molecule has 0 radical (unpaired) electrons. The van der Waals surface area contributed by atoms with Crippen molar-refractivity contribution >= 4 is 35.8 Å². The molecule has 0 saturated heterocycles. The maximum Gasteiger partial charge on any atom is 0.251 e. The molecule has 0 aromatic heterocycles. The predicted molar refractivity (Wildman–Crippen MR) is 116 cm³/mol. The van der Waals surface area contributed by atoms with E-state index in [0.29, 0.717) is 5.56 Å². The molecule has 0 aliphatic rings. The quantitative estimate of drug-likeness (QED) is 0.298. The number of rotatable bonds is 9. The standard InChI is InChI=1S/C18H31N5O.HI/c1-5-20-18(22-12-13-23(4)6-2)21-11-10-15-8-7-9-16(14-15)17(24)19-3;/h7-9,14H,5-6,10-13H2,1-4H3,(H,19,24)(H2,20,21,22);1H. The first kappa shape index (κ1) is 23.6. The molecule has 0 unspecified atom stereocenters. The summed E-state index contributed by atoms with van der Waals surface area (Å²) in [7, 11) is 3.74. The van der Waals surface area contributed by atoms with Crippen molar-refractivity contribution < 1.29 is 4.79 Å². The van der Waals surface area contributed by atoms with Gasteiger partial charge in [-0.3, -0.25) is 9.79 Å². The summed E-state index contributed by atoms with van der Waals surface area (Å²) in [5.74, 6) is 0.782. The topological polar surface area (TPSA) is 68.8 Å². The summed E-state index contributed by atoms with van der Waals surface area (Å²) < 4.78 is 0. The Labute approximate surface area is 168 Å². The summed E-state index contributed by atoms with van der Waals surface area (Å²) in [6.07, 6.45) is 0.837. The van der Waals surface area contributed by atoms with E-state index in [2.05, 4.69) is 46.7 Å². The lowest BCUT2D eigenvalue weighted by atomic mass is 10.1. The monoisotopic (exact) mass is 461 g/mol. The summed E-state index contributed by atoms with van der Waals surface area (Å²) in [4.78, 5) is 18.5. The number of nitrogens with one attached hydrogen (secondary N) is 3. The average molecular weight is 461 g/mol. The second kappa shape index (κ2) is 13.9. The molecule has 1 rings (SSSR count). The van der Waals surface area contributed by atoms with Crippen LogP contribution in [0.5, 0.6) is 0 Å². The molecule has 7 heteroatoms. The highest BCUT2D eigenvalue weighted by Gasteiger charge is 2.04. The van der Waals surface area contributed by atoms with Gasteiger partial charge in [0.1, 0.15) is 0 Å². The third-order valence-corrected chi connectivity index (χ3v) is 3.76. The lowest BCUT2D eigenvalue weighted by Crippen LogP contribution is -2.39. The fourth-order valence-electron chi connectivity index (χ4n) is 2.17. The Hall–Kier alpha value is -1.35. The highest BCUT2D eigenvalue weighted by molar-refractivity contribution is 14.0. The number of halogens is 1. The van der Waals surface area contributed by atoms with Gasteiger partial charge in [-0.25, -0.2) is 0 Å². The molecule has 25 heavy (non-hydrogen) atoms. The van der Waals surface area contributed by atoms with Crippen LogP contribution < -0.4 is 16.0 Å². The number of likely N-dealkylation sites (N-methyl/N-ethyl adjacent to an activating group) is 1. The van der Waals surface area contributed by atoms with Crippen LogP contribution in [0, 0.1) is 0 Å². The molecule has 0 aliphatic heterocycles. The minimum atomic E-state index is -0.0558. The molecule has 1 aromatic carbocycles. The van der Waals surface area contributed by atoms with Gasteiger partial charge in [0.2, 0.25) is 0 Å². The normalized spacial score (nSPS) is 11.0. The summed E-state index contributed by atoms with van der Waals surface area (Å²) in [5.41, 5.74) is 1.82. The van der Waals surface area contributed by atoms with Gasteiger partial charge in [-0.1, -0.05) is 19.1 Å². The Balaban J connectivity index is 0.00000576. The van der Waals surface area contributed by atoms with Crippen molar-refractivity contribution in [1.82, 2.24) is 20.9 Å². The van der Waals surface area contributed by atoms with Crippen LogP contribution in [0.2, 0.25) is 0 Å². The van der Waals surface area contributed by atoms with E-state index in [4.69, 9.17) is 0 Å². The second-order valence-corrected chi connectivity index (χ2v) is 5.61. The minimum Gasteiger partial charge on any atom is -0.357 e. The van der Waals surface area contributed by atoms with E-state index < -0.39 is 0 Å². The molecular formula is C18H32IN5O. The number of amides is 1. The average Bonchev–Trinajstić information content (AvgIpc) is 2.61. The fourth-order valence-corrected chi connectivity index (χ4v) is 2.17. The Morgan fingerprint density at radius 2 is 2.00 bits per heavy atom. The van der Waals surface area contributed by atoms with Crippen molar-refractivity contribution in [2.45, 2.75) is 20.3 Å². The summed E-state index contributed by atoms with van der Waals surface area (Å²) in [6.45, 7) is 8.55. The van der Waals surface area contributed by atoms with Gasteiger partial charge >= 0.3 is 0 Å². The van der Waals surface area contributed by atoms with Crippen LogP contribution in [0.25, 0.3) is 0 Å². The number of guanidine groups is 1. The second-order valence-electron chi connectivity index (χ2n) is 5.61. The maximum atomic E-state index is 11.7. The maximum absolute atomic E-state index is 11.7. The summed E-state index contributed by atoms with van der Waals surface area (Å²) >= 11 is 0. The van der Waals surface area contributed by atoms with Gasteiger partial charge in [-0.05, 0) is 44.6 Å². The zero-order valence-electron chi connectivity index (χ0n) is 15.8. The van der Waals surface area contributed by atoms with Gasteiger partial charge in [0.05, 0.1) is 6.54 Å². The van der Waals surface area contributed by atoms with E-state index >= 15 is 0 Å². The van der Waals surface area contributed by atoms with E-state index in [0.717, 1.165) is 50.7 Å². The molecule has 142 valence electrons. The number of nitrogens with zero attached hydrogens (tertiary/aromatic N) is 2. The van der Waals surface area contributed by atoms with Gasteiger partial charge in [0, 0.05) is 32.2 Å². The predicted octanol–water partition coefficient (Wildman–Crippen LogP) is 1.71. The molecule has 6 nitrogen and oxygen atoms in total. The molecular weight excluding hydrogens is 429 g/mol. The first-order valence-corrected chi connectivity index (χ1v) is 8.62. The number of hydrogen-bond acceptors (Lipinski definition) is 3. The van der Waals surface area contributed by atoms with Crippen LogP contribution in [-0.4, -0.2) is 63.6 Å². The number of carbonyl (C=O) groups excluding carboxylic acids is 1. The van der Waals surface area contributed by atoms with Crippen LogP contribution in [0.1, 0.15) is 29.8 Å². The zero-order valence-corrected chi connectivity index (χ0v) is 18.1. The van der Waals surface area contributed by atoms with Crippen LogP contribution in [0.15, 0.2) is 29.3 Å². The molecule has 0 atom stereocenters. The molecule has 0 fully saturated rings. The molecule has 1 aromatic rings. The highest BCUT2D eigenvalue weighted by atomic mass is 127. The van der Waals surface area contributed by atoms with Gasteiger partial charge in [-0.15, -0.1) is 24.0 Å². The van der Waals surface area contributed by atoms with Crippen molar-refractivity contribution in [1.29, 1.82) is 0 Å². The van der Waals surface area contributed by atoms with Crippen molar-refractivity contribution in [3.05, 3.63) is 35.4 Å². The third kappa shape index (κ3) is 9.64. The molecule has 0 bridgehead atoms. The molecule has 0 saturated carbocycles. The molecule has 1 amide bonds. The Morgan fingerprint density at radius 1 is 1.24 bits per heavy atom. The summed E-state index contributed by atoms with van der Waals surface area (Å²) in [5, 5.41) is 9.25. The zero-order chi connectivity index (χ0) is 17.8. The fraction of sp³-hybridized carbons (Fsp3) is 0.556. The molecule has 3 N–H and O–H groups in total. The molecule has 0 aliphatic carbocycles. The Bertz CT molecular complexity index is 536. The van der Waals surface area contributed by atoms with Gasteiger partial charge < -0.3 is 20.9 Å². The Morgan fingerprint density at radius 3 is 2.64 bits per heavy atom. The number of aliphatic imine (C=N–C) groups is 1. The Kier molecular flexibility index (Phi) is 13.1. The minimum absolute atomic E-state index is 0. The van der Waals surface area contributed by atoms with Crippen LogP contribution in [0.4, 0.5) is 0 Å². The van der Waals surface area contributed by atoms with E-state index in [1.807, 2.05) is 24.3 Å². The largest absolute Gasteiger partial charge is 0.357 e. The molecule has 0 spiro atoms. The van der Waals surface area contributed by atoms with E-state index in [9.17, 15) is 4.79 Å². The van der Waals surface area contributed by atoms with E-state index in [1.54, 1.807) is 7.05 Å². The van der Waals surface area contributed by atoms with Crippen molar-refractivity contribution in [2.24, 2.45) is 4.99 Å². The summed E-state index contributed by atoms with van der Waals surface area (Å²) in [6, 6.07) is 7.71.